The van der Waals surface area contributed by atoms with Crippen LogP contribution in [-0.4, -0.2) is 136 Å². The van der Waals surface area contributed by atoms with Crippen molar-refractivity contribution in [3.8, 4) is 103 Å². The van der Waals surface area contributed by atoms with Crippen LogP contribution < -0.4 is 28.4 Å². The first kappa shape index (κ1) is 117. The summed E-state index contributed by atoms with van der Waals surface area (Å²) < 4.78 is 72.5. The lowest BCUT2D eigenvalue weighted by Crippen LogP contribution is -2.13. The fraction of sp³-hybridized carbons (Fsp3) is 0.297. The highest BCUT2D eigenvalue weighted by Crippen LogP contribution is 2.37. The molecule has 138 heavy (non-hydrogen) atoms. The van der Waals surface area contributed by atoms with Crippen molar-refractivity contribution in [1.82, 2.24) is 0 Å². The van der Waals surface area contributed by atoms with Gasteiger partial charge in [0.05, 0.1) is 33.4 Å². The summed E-state index contributed by atoms with van der Waals surface area (Å²) in [6.07, 6.45) is 8.57. The monoisotopic (exact) mass is 1900 g/mol. The zero-order valence-corrected chi connectivity index (χ0v) is 76.8. The van der Waals surface area contributed by atoms with Gasteiger partial charge in [-0.05, 0) is 226 Å². The number of benzene rings is 12. The highest BCUT2D eigenvalue weighted by atomic mass is 19.1. The zero-order chi connectivity index (χ0) is 98.4. The molecular formula is C111H131F3O24. The number of Topliss-reactive ketones (excluding diaryl/α,β-unsaturated/α-hetero) is 6. The van der Waals surface area contributed by atoms with Gasteiger partial charge in [-0.15, -0.1) is 0 Å². The molecule has 0 radical (unpaired) electrons. The van der Waals surface area contributed by atoms with Crippen molar-refractivity contribution in [2.24, 2.45) is 0 Å². The van der Waals surface area contributed by atoms with Crippen molar-refractivity contribution in [2.75, 3.05) is 39.6 Å². The van der Waals surface area contributed by atoms with Crippen LogP contribution in [-0.2, 0) is 38.5 Å². The SMILES string of the molecule is C.C.C.C.CCCc1cc(C(=O)COc2c(F)cccc2F)c(O)cc1O.CCCc1cc(C(=O)COc2ccc(C)cc2)c(O)cc1O.CCCc1cc(C(=O)COc2ccc(C)cc2)c(O)cc1O.CCCc1cc(C(=O)COc2ccc(C)cc2F)c(O)cc1O.CCCc1cc(C(=O)COc2cccc(C)c2)c(O)cc1O.CCCc1cc(C(=O)COc2ccccc2C)c(O)cc1O. The zero-order valence-electron chi connectivity index (χ0n) is 76.8. The van der Waals surface area contributed by atoms with Gasteiger partial charge < -0.3 is 89.7 Å². The van der Waals surface area contributed by atoms with Gasteiger partial charge in [-0.1, -0.05) is 188 Å². The number of rotatable bonds is 36. The van der Waals surface area contributed by atoms with Gasteiger partial charge >= 0.3 is 0 Å². The van der Waals surface area contributed by atoms with Crippen LogP contribution in [0.15, 0.2) is 206 Å². The Labute approximate surface area is 806 Å². The van der Waals surface area contributed by atoms with E-state index in [4.69, 9.17) is 28.4 Å². The summed E-state index contributed by atoms with van der Waals surface area (Å²) in [5.74, 6) is -4.77. The number of carbonyl (C=O) groups excluding carboxylic acids is 6. The van der Waals surface area contributed by atoms with E-state index >= 15 is 0 Å². The van der Waals surface area contributed by atoms with Crippen LogP contribution in [0.3, 0.4) is 0 Å². The molecule has 0 aliphatic heterocycles. The maximum Gasteiger partial charge on any atom is 0.203 e. The average Bonchev–Trinajstić information content (AvgIpc) is 0.842. The maximum absolute atomic E-state index is 13.7. The summed E-state index contributed by atoms with van der Waals surface area (Å²) in [4.78, 5) is 73.2. The molecule has 0 fully saturated rings. The minimum absolute atomic E-state index is 0. The van der Waals surface area contributed by atoms with Crippen LogP contribution in [0.4, 0.5) is 13.2 Å². The third kappa shape index (κ3) is 35.6. The molecule has 12 aromatic carbocycles. The molecule has 0 saturated heterocycles. The quantitative estimate of drug-likeness (QED) is 0.0162. The summed E-state index contributed by atoms with van der Waals surface area (Å²) in [7, 11) is 0. The number of phenolic OH excluding ortho intramolecular Hbond substituents is 12. The molecule has 0 aromatic heterocycles. The van der Waals surface area contributed by atoms with E-state index in [0.717, 1.165) is 90.6 Å². The van der Waals surface area contributed by atoms with E-state index in [1.807, 2.05) is 130 Å². The van der Waals surface area contributed by atoms with Crippen LogP contribution in [0.2, 0.25) is 0 Å². The van der Waals surface area contributed by atoms with E-state index in [2.05, 4.69) is 0 Å². The van der Waals surface area contributed by atoms with Gasteiger partial charge in [-0.2, -0.15) is 0 Å². The minimum atomic E-state index is -0.917. The molecule has 12 N–H and O–H groups in total. The number of phenols is 12. The van der Waals surface area contributed by atoms with Crippen molar-refractivity contribution in [3.63, 3.8) is 0 Å². The minimum Gasteiger partial charge on any atom is -0.508 e. The van der Waals surface area contributed by atoms with Gasteiger partial charge in [0.2, 0.25) is 34.7 Å². The highest BCUT2D eigenvalue weighted by Gasteiger charge is 2.24. The second kappa shape index (κ2) is 58.2. The lowest BCUT2D eigenvalue weighted by Gasteiger charge is -2.11. The smallest absolute Gasteiger partial charge is 0.203 e. The van der Waals surface area contributed by atoms with E-state index in [9.17, 15) is 103 Å². The Morgan fingerprint density at radius 3 is 0.768 bits per heavy atom. The lowest BCUT2D eigenvalue weighted by atomic mass is 10.0. The second-order valence-corrected chi connectivity index (χ2v) is 31.5. The van der Waals surface area contributed by atoms with Crippen LogP contribution >= 0.6 is 0 Å². The Balaban J connectivity index is 0.000000424. The number of halogens is 3. The van der Waals surface area contributed by atoms with Crippen molar-refractivity contribution in [3.05, 3.63) is 318 Å². The number of aryl methyl sites for hydroxylation is 11. The summed E-state index contributed by atoms with van der Waals surface area (Å²) in [6, 6.07) is 53.3. The fourth-order valence-corrected chi connectivity index (χ4v) is 13.3. The fourth-order valence-electron chi connectivity index (χ4n) is 13.3. The molecule has 0 atom stereocenters. The molecule has 0 amide bonds. The van der Waals surface area contributed by atoms with Gasteiger partial charge in [-0.3, -0.25) is 28.8 Å². The lowest BCUT2D eigenvalue weighted by molar-refractivity contribution is 0.0906. The van der Waals surface area contributed by atoms with E-state index in [1.54, 1.807) is 49.4 Å². The van der Waals surface area contributed by atoms with Crippen LogP contribution in [0.1, 0.15) is 233 Å². The molecule has 0 spiro atoms. The van der Waals surface area contributed by atoms with Crippen LogP contribution in [0.25, 0.3) is 0 Å². The number of ketones is 6. The Morgan fingerprint density at radius 1 is 0.232 bits per heavy atom. The standard InChI is InChI=1S/C18H19FO4.4C18H20O4.C17H16F2O4.4CH4/c1-3-4-12-8-13(16(21)9-15(12)20)17(22)10-23-18-6-5-11(2)7-14(18)19;1-3-6-13-9-14(16(20)10-15(13)19)17(21)11-22-18-8-5-4-7-12(18)2;1-3-5-13-9-15(17(20)10-16(13)19)18(21)11-22-14-7-4-6-12(2)8-14;2*1-3-4-13-9-15(17(20)10-16(13)19)18(21)11-22-14-7-5-12(2)6-8-14;1-2-4-10-7-11(15(21)8-14(10)20)16(22)9-23-17-12(18)5-3-6-13(17)19;;;;/h5-9,20-21H,3-4,10H2,1-2H3;4-5,7-10,19-20H,3,6,11H2,1-2H3;4,6-10,19-20H,3,5,11H2,1-2H3;2*5-10,19-20H,3-4,11H2,1-2H3;3,5-8,20-21H,2,4,9H2,1H3;4*1H4. The average molecular weight is 1910 g/mol. The number of aromatic hydroxyl groups is 12. The topological polar surface area (TPSA) is 401 Å². The maximum atomic E-state index is 13.7. The van der Waals surface area contributed by atoms with Gasteiger partial charge in [0.25, 0.3) is 0 Å². The third-order valence-electron chi connectivity index (χ3n) is 20.4. The van der Waals surface area contributed by atoms with Crippen LogP contribution in [0.5, 0.6) is 103 Å². The number of hydrogen-bond donors (Lipinski definition) is 12. The molecule has 0 heterocycles. The second-order valence-electron chi connectivity index (χ2n) is 31.5. The number of para-hydroxylation sites is 2. The Hall–Kier alpha value is -15.2. The Kier molecular flexibility index (Phi) is 49.4. The van der Waals surface area contributed by atoms with Crippen molar-refractivity contribution < 1.29 is 132 Å². The first-order chi connectivity index (χ1) is 63.9. The number of ether oxygens (including phenoxy) is 6. The van der Waals surface area contributed by atoms with Gasteiger partial charge in [-0.25, -0.2) is 13.2 Å². The molecule has 12 aromatic rings. The van der Waals surface area contributed by atoms with Crippen molar-refractivity contribution >= 4 is 34.7 Å². The first-order valence-corrected chi connectivity index (χ1v) is 43.6. The number of carbonyl (C=O) groups is 6. The molecule has 0 unspecified atom stereocenters. The molecule has 0 bridgehead atoms. The predicted octanol–water partition coefficient (Wildman–Crippen LogP) is 24.4. The molecule has 0 saturated carbocycles. The van der Waals surface area contributed by atoms with Crippen molar-refractivity contribution in [1.29, 1.82) is 0 Å². The molecular weight excluding hydrogens is 1770 g/mol. The summed E-state index contributed by atoms with van der Waals surface area (Å²) in [5, 5.41) is 118. The third-order valence-corrected chi connectivity index (χ3v) is 20.4. The van der Waals surface area contributed by atoms with E-state index in [0.29, 0.717) is 94.9 Å². The molecule has 0 aliphatic rings. The van der Waals surface area contributed by atoms with Crippen molar-refractivity contribution in [2.45, 2.75) is 183 Å². The van der Waals surface area contributed by atoms with E-state index in [-0.39, 0.29) is 182 Å². The summed E-state index contributed by atoms with van der Waals surface area (Å²) in [5.41, 5.74) is 9.34. The molecule has 27 heteroatoms. The Bertz CT molecular complexity index is 5870. The molecule has 12 rings (SSSR count). The molecule has 740 valence electrons. The predicted molar refractivity (Wildman–Crippen MR) is 531 cm³/mol. The molecule has 24 nitrogen and oxygen atoms in total. The Morgan fingerprint density at radius 2 is 0.486 bits per heavy atom. The van der Waals surface area contributed by atoms with E-state index < -0.39 is 53.7 Å². The molecule has 0 aliphatic carbocycles. The van der Waals surface area contributed by atoms with E-state index in [1.165, 1.54) is 78.9 Å². The largest absolute Gasteiger partial charge is 0.508 e. The van der Waals surface area contributed by atoms with Gasteiger partial charge in [0.1, 0.15) is 92.0 Å². The highest BCUT2D eigenvalue weighted by molar-refractivity contribution is 6.03. The summed E-state index contributed by atoms with van der Waals surface area (Å²) in [6.45, 7) is 19.6. The van der Waals surface area contributed by atoms with Gasteiger partial charge in [0.15, 0.2) is 68.6 Å². The normalized spacial score (nSPS) is 10.2. The van der Waals surface area contributed by atoms with Crippen LogP contribution in [0, 0.1) is 52.1 Å². The summed E-state index contributed by atoms with van der Waals surface area (Å²) >= 11 is 0. The number of hydrogen-bond acceptors (Lipinski definition) is 24. The first-order valence-electron chi connectivity index (χ1n) is 43.6. The van der Waals surface area contributed by atoms with Gasteiger partial charge in [0, 0.05) is 36.4 Å².